The lowest BCUT2D eigenvalue weighted by molar-refractivity contribution is 0.237. The largest absolute Gasteiger partial charge is 0.355 e. The van der Waals surface area contributed by atoms with Crippen molar-refractivity contribution in [3.8, 4) is 0 Å². The van der Waals surface area contributed by atoms with E-state index in [9.17, 15) is 0 Å². The molecule has 0 radical (unpaired) electrons. The van der Waals surface area contributed by atoms with Gasteiger partial charge in [0.05, 0.1) is 5.52 Å². The summed E-state index contributed by atoms with van der Waals surface area (Å²) in [5.74, 6) is 3.61. The lowest BCUT2D eigenvalue weighted by Gasteiger charge is -2.27. The molecular weight excluding hydrogens is 346 g/mol. The Balaban J connectivity index is 1.36. The fourth-order valence-corrected chi connectivity index (χ4v) is 5.36. The minimum atomic E-state index is 0.794. The van der Waals surface area contributed by atoms with Gasteiger partial charge in [-0.15, -0.1) is 0 Å². The molecule has 28 heavy (non-hydrogen) atoms. The number of hydrogen-bond acceptors (Lipinski definition) is 5. The molecule has 0 spiro atoms. The van der Waals surface area contributed by atoms with Gasteiger partial charge in [-0.2, -0.15) is 4.98 Å². The second kappa shape index (κ2) is 8.24. The van der Waals surface area contributed by atoms with Crippen molar-refractivity contribution < 1.29 is 0 Å². The van der Waals surface area contributed by atoms with Gasteiger partial charge in [-0.25, -0.2) is 4.98 Å². The molecule has 5 nitrogen and oxygen atoms in total. The highest BCUT2D eigenvalue weighted by molar-refractivity contribution is 5.90. The molecule has 4 heterocycles. The van der Waals surface area contributed by atoms with Crippen LogP contribution >= 0.6 is 0 Å². The van der Waals surface area contributed by atoms with Crippen LogP contribution in [0.3, 0.4) is 0 Å². The van der Waals surface area contributed by atoms with E-state index in [1.165, 1.54) is 63.4 Å². The molecule has 3 aliphatic heterocycles. The van der Waals surface area contributed by atoms with E-state index in [2.05, 4.69) is 39.4 Å². The second-order valence-electron chi connectivity index (χ2n) is 9.01. The van der Waals surface area contributed by atoms with E-state index in [1.54, 1.807) is 0 Å². The number of piperidine rings is 1. The molecule has 2 bridgehead atoms. The summed E-state index contributed by atoms with van der Waals surface area (Å²) in [5.41, 5.74) is 1.06. The summed E-state index contributed by atoms with van der Waals surface area (Å²) < 4.78 is 0. The van der Waals surface area contributed by atoms with Crippen LogP contribution in [-0.2, 0) is 0 Å². The molecule has 150 valence electrons. The minimum absolute atomic E-state index is 0.794. The van der Waals surface area contributed by atoms with Gasteiger partial charge in [-0.3, -0.25) is 0 Å². The number of rotatable bonds is 5. The number of aromatic nitrogens is 2. The van der Waals surface area contributed by atoms with Gasteiger partial charge in [0.2, 0.25) is 5.95 Å². The van der Waals surface area contributed by atoms with Gasteiger partial charge in [0, 0.05) is 31.6 Å². The Bertz CT molecular complexity index is 779. The standard InChI is InChI=1S/C23H33N5/c1-4-13-27(14-5-1)15-12-24-23-25-21-7-3-2-6-20(21)22(26-23)28-16-18-8-9-19(17-28)11-10-18/h2-3,6-7,18-19H,1,4-5,8-17H2,(H,24,25,26). The predicted octanol–water partition coefficient (Wildman–Crippen LogP) is 4.15. The van der Waals surface area contributed by atoms with Crippen molar-refractivity contribution in [2.45, 2.75) is 44.9 Å². The van der Waals surface area contributed by atoms with E-state index in [0.29, 0.717) is 0 Å². The molecule has 1 aromatic carbocycles. The Hall–Kier alpha value is -1.88. The third kappa shape index (κ3) is 3.95. The Morgan fingerprint density at radius 3 is 2.36 bits per heavy atom. The number of benzene rings is 1. The average Bonchev–Trinajstić information content (AvgIpc) is 3.08. The number of nitrogens with one attached hydrogen (secondary N) is 1. The molecule has 6 rings (SSSR count). The third-order valence-corrected chi connectivity index (χ3v) is 6.97. The van der Waals surface area contributed by atoms with Crippen LogP contribution in [0.15, 0.2) is 24.3 Å². The van der Waals surface area contributed by atoms with Crippen LogP contribution < -0.4 is 10.2 Å². The molecule has 0 amide bonds. The van der Waals surface area contributed by atoms with Crippen molar-refractivity contribution >= 4 is 22.7 Å². The summed E-state index contributed by atoms with van der Waals surface area (Å²) in [6.45, 7) is 6.79. The molecule has 1 aromatic heterocycles. The highest BCUT2D eigenvalue weighted by atomic mass is 15.2. The molecular formula is C23H33N5. The minimum Gasteiger partial charge on any atom is -0.355 e. The van der Waals surface area contributed by atoms with Crippen LogP contribution in [0.4, 0.5) is 11.8 Å². The van der Waals surface area contributed by atoms with Gasteiger partial charge < -0.3 is 15.1 Å². The first kappa shape index (κ1) is 18.2. The van der Waals surface area contributed by atoms with Crippen molar-refractivity contribution in [3.05, 3.63) is 24.3 Å². The molecule has 1 aliphatic carbocycles. The van der Waals surface area contributed by atoms with Gasteiger partial charge >= 0.3 is 0 Å². The van der Waals surface area contributed by atoms with Crippen LogP contribution in [0, 0.1) is 11.8 Å². The van der Waals surface area contributed by atoms with Gasteiger partial charge in [-0.05, 0) is 75.6 Å². The van der Waals surface area contributed by atoms with E-state index in [1.807, 2.05) is 0 Å². The lowest BCUT2D eigenvalue weighted by Crippen LogP contribution is -2.34. The lowest BCUT2D eigenvalue weighted by atomic mass is 9.84. The molecule has 2 aromatic rings. The molecule has 4 aliphatic rings. The van der Waals surface area contributed by atoms with Gasteiger partial charge in [0.15, 0.2) is 0 Å². The number of likely N-dealkylation sites (tertiary alicyclic amines) is 1. The average molecular weight is 380 g/mol. The number of para-hydroxylation sites is 1. The van der Waals surface area contributed by atoms with E-state index in [0.717, 1.165) is 55.3 Å². The van der Waals surface area contributed by atoms with Gasteiger partial charge in [0.25, 0.3) is 0 Å². The number of nitrogens with zero attached hydrogens (tertiary/aromatic N) is 4. The van der Waals surface area contributed by atoms with Crippen molar-refractivity contribution in [2.75, 3.05) is 49.5 Å². The van der Waals surface area contributed by atoms with Crippen molar-refractivity contribution in [2.24, 2.45) is 11.8 Å². The Morgan fingerprint density at radius 2 is 1.61 bits per heavy atom. The maximum atomic E-state index is 5.03. The van der Waals surface area contributed by atoms with Crippen LogP contribution in [0.1, 0.15) is 44.9 Å². The normalized spacial score (nSPS) is 25.8. The van der Waals surface area contributed by atoms with Gasteiger partial charge in [-0.1, -0.05) is 18.6 Å². The monoisotopic (exact) mass is 379 g/mol. The summed E-state index contributed by atoms with van der Waals surface area (Å²) in [6.07, 6.45) is 9.65. The SMILES string of the molecule is c1ccc2c(N3CC4CCC(CC4)C3)nc(NCCN3CCCCC3)nc2c1. The number of hydrogen-bond donors (Lipinski definition) is 1. The topological polar surface area (TPSA) is 44.3 Å². The molecule has 0 unspecified atom stereocenters. The highest BCUT2D eigenvalue weighted by Gasteiger charge is 2.30. The van der Waals surface area contributed by atoms with Crippen LogP contribution in [0.5, 0.6) is 0 Å². The molecule has 1 saturated carbocycles. The van der Waals surface area contributed by atoms with E-state index >= 15 is 0 Å². The Kier molecular flexibility index (Phi) is 5.34. The van der Waals surface area contributed by atoms with Crippen LogP contribution in [0.25, 0.3) is 10.9 Å². The Labute approximate surface area is 168 Å². The summed E-state index contributed by atoms with van der Waals surface area (Å²) in [6, 6.07) is 8.52. The Morgan fingerprint density at radius 1 is 0.893 bits per heavy atom. The zero-order valence-corrected chi connectivity index (χ0v) is 16.9. The summed E-state index contributed by atoms with van der Waals surface area (Å²) >= 11 is 0. The first-order valence-electron chi connectivity index (χ1n) is 11.3. The molecule has 1 N–H and O–H groups in total. The second-order valence-corrected chi connectivity index (χ2v) is 9.01. The maximum absolute atomic E-state index is 5.03. The van der Waals surface area contributed by atoms with Crippen LogP contribution in [0.2, 0.25) is 0 Å². The summed E-state index contributed by atoms with van der Waals surface area (Å²) in [7, 11) is 0. The first-order valence-corrected chi connectivity index (χ1v) is 11.3. The molecule has 4 fully saturated rings. The third-order valence-electron chi connectivity index (χ3n) is 6.97. The fourth-order valence-electron chi connectivity index (χ4n) is 5.36. The number of fused-ring (bicyclic) bond motifs is 5. The summed E-state index contributed by atoms with van der Waals surface area (Å²) in [5, 5.41) is 4.73. The van der Waals surface area contributed by atoms with Gasteiger partial charge in [0.1, 0.15) is 5.82 Å². The number of anilines is 2. The quantitative estimate of drug-likeness (QED) is 0.845. The maximum Gasteiger partial charge on any atom is 0.225 e. The highest BCUT2D eigenvalue weighted by Crippen LogP contribution is 2.37. The van der Waals surface area contributed by atoms with Crippen molar-refractivity contribution in [1.82, 2.24) is 14.9 Å². The predicted molar refractivity (Wildman–Crippen MR) is 116 cm³/mol. The zero-order valence-electron chi connectivity index (χ0n) is 16.9. The van der Waals surface area contributed by atoms with Crippen molar-refractivity contribution in [1.29, 1.82) is 0 Å². The molecule has 5 heteroatoms. The smallest absolute Gasteiger partial charge is 0.225 e. The molecule has 3 saturated heterocycles. The first-order chi connectivity index (χ1) is 13.8. The van der Waals surface area contributed by atoms with Crippen LogP contribution in [-0.4, -0.2) is 54.1 Å². The summed E-state index contributed by atoms with van der Waals surface area (Å²) in [4.78, 5) is 15.0. The van der Waals surface area contributed by atoms with E-state index in [4.69, 9.17) is 9.97 Å². The van der Waals surface area contributed by atoms with Crippen molar-refractivity contribution in [3.63, 3.8) is 0 Å². The van der Waals surface area contributed by atoms with E-state index < -0.39 is 0 Å². The fraction of sp³-hybridized carbons (Fsp3) is 0.652. The van der Waals surface area contributed by atoms with E-state index in [-0.39, 0.29) is 0 Å². The zero-order chi connectivity index (χ0) is 18.8. The molecule has 0 atom stereocenters.